The Morgan fingerprint density at radius 3 is 2.88 bits per heavy atom. The van der Waals surface area contributed by atoms with Crippen molar-refractivity contribution in [1.82, 2.24) is 9.97 Å². The third-order valence-corrected chi connectivity index (χ3v) is 4.01. The number of H-pyrrole nitrogens is 1. The summed E-state index contributed by atoms with van der Waals surface area (Å²) in [4.78, 5) is 30.6. The number of nitriles is 1. The van der Waals surface area contributed by atoms with Gasteiger partial charge in [-0.25, -0.2) is 4.98 Å². The van der Waals surface area contributed by atoms with Crippen molar-refractivity contribution in [1.29, 1.82) is 5.26 Å². The number of carbonyl (C=O) groups excluding carboxylic acids is 1. The lowest BCUT2D eigenvalue weighted by molar-refractivity contribution is -0.113. The first-order chi connectivity index (χ1) is 11.6. The second-order valence-electron chi connectivity index (χ2n) is 4.70. The van der Waals surface area contributed by atoms with Crippen molar-refractivity contribution >= 4 is 23.4 Å². The molecule has 0 saturated heterocycles. The Hall–Kier alpha value is -2.79. The fourth-order valence-corrected chi connectivity index (χ4v) is 2.68. The van der Waals surface area contributed by atoms with Crippen LogP contribution in [0, 0.1) is 11.3 Å². The van der Waals surface area contributed by atoms with Crippen LogP contribution in [0.1, 0.15) is 18.2 Å². The Kier molecular flexibility index (Phi) is 5.98. The number of aromatic amines is 1. The molecule has 0 aliphatic carbocycles. The van der Waals surface area contributed by atoms with Gasteiger partial charge in [0.05, 0.1) is 24.2 Å². The maximum Gasteiger partial charge on any atom is 0.269 e. The van der Waals surface area contributed by atoms with Crippen LogP contribution in [-0.4, -0.2) is 28.7 Å². The fourth-order valence-electron chi connectivity index (χ4n) is 2.00. The Labute approximate surface area is 143 Å². The van der Waals surface area contributed by atoms with Gasteiger partial charge in [0.25, 0.3) is 5.56 Å². The number of benzene rings is 1. The summed E-state index contributed by atoms with van der Waals surface area (Å²) in [7, 11) is 1.53. The minimum absolute atomic E-state index is 0.0142. The average molecular weight is 344 g/mol. The minimum atomic E-state index is -0.489. The van der Waals surface area contributed by atoms with Crippen LogP contribution in [0.3, 0.4) is 0 Å². The van der Waals surface area contributed by atoms with Crippen LogP contribution in [0.2, 0.25) is 0 Å². The van der Waals surface area contributed by atoms with E-state index in [1.165, 1.54) is 7.11 Å². The number of amides is 1. The molecule has 1 aromatic carbocycles. The molecule has 0 unspecified atom stereocenters. The second-order valence-corrected chi connectivity index (χ2v) is 5.66. The van der Waals surface area contributed by atoms with Gasteiger partial charge < -0.3 is 15.0 Å². The molecule has 0 spiro atoms. The van der Waals surface area contributed by atoms with Gasteiger partial charge in [0.15, 0.2) is 5.16 Å². The van der Waals surface area contributed by atoms with Crippen molar-refractivity contribution in [3.05, 3.63) is 45.9 Å². The Balaban J connectivity index is 2.06. The summed E-state index contributed by atoms with van der Waals surface area (Å²) in [5.41, 5.74) is 0.521. The van der Waals surface area contributed by atoms with Crippen molar-refractivity contribution < 1.29 is 9.53 Å². The molecule has 2 rings (SSSR count). The molecule has 2 aromatic rings. The van der Waals surface area contributed by atoms with E-state index in [2.05, 4.69) is 15.3 Å². The maximum absolute atomic E-state index is 12.1. The average Bonchev–Trinajstić information content (AvgIpc) is 2.59. The monoisotopic (exact) mass is 344 g/mol. The summed E-state index contributed by atoms with van der Waals surface area (Å²) in [6.45, 7) is 1.81. The highest BCUT2D eigenvalue weighted by Crippen LogP contribution is 2.23. The summed E-state index contributed by atoms with van der Waals surface area (Å²) in [5, 5.41) is 12.0. The molecule has 2 N–H and O–H groups in total. The van der Waals surface area contributed by atoms with Crippen LogP contribution in [0.15, 0.2) is 34.2 Å². The lowest BCUT2D eigenvalue weighted by atomic mass is 10.2. The number of thioether (sulfide) groups is 1. The van der Waals surface area contributed by atoms with Gasteiger partial charge in [-0.15, -0.1) is 0 Å². The van der Waals surface area contributed by atoms with Crippen LogP contribution in [0.25, 0.3) is 0 Å². The molecule has 24 heavy (non-hydrogen) atoms. The summed E-state index contributed by atoms with van der Waals surface area (Å²) in [6, 6.07) is 8.92. The lowest BCUT2D eigenvalue weighted by Gasteiger charge is -2.09. The predicted octanol–water partition coefficient (Wildman–Crippen LogP) is 1.94. The van der Waals surface area contributed by atoms with E-state index in [1.807, 2.05) is 13.0 Å². The van der Waals surface area contributed by atoms with Crippen LogP contribution in [0.4, 0.5) is 5.69 Å². The molecule has 0 fully saturated rings. The molecule has 0 aliphatic rings. The number of rotatable bonds is 6. The summed E-state index contributed by atoms with van der Waals surface area (Å²) in [5.74, 6) is 0.374. The second kappa shape index (κ2) is 8.17. The van der Waals surface area contributed by atoms with Crippen LogP contribution in [0.5, 0.6) is 5.75 Å². The van der Waals surface area contributed by atoms with E-state index in [-0.39, 0.29) is 17.2 Å². The molecule has 1 aromatic heterocycles. The summed E-state index contributed by atoms with van der Waals surface area (Å²) in [6.07, 6.45) is 0.466. The molecule has 0 saturated carbocycles. The lowest BCUT2D eigenvalue weighted by Crippen LogP contribution is -2.18. The van der Waals surface area contributed by atoms with E-state index < -0.39 is 5.56 Å². The first-order valence-corrected chi connectivity index (χ1v) is 8.16. The zero-order valence-electron chi connectivity index (χ0n) is 13.3. The molecule has 8 heteroatoms. The fraction of sp³-hybridized carbons (Fsp3) is 0.250. The number of aryl methyl sites for hydroxylation is 1. The quantitative estimate of drug-likeness (QED) is 0.612. The number of hydrogen-bond donors (Lipinski definition) is 2. The van der Waals surface area contributed by atoms with Crippen LogP contribution >= 0.6 is 11.8 Å². The van der Waals surface area contributed by atoms with E-state index >= 15 is 0 Å². The number of nitrogens with one attached hydrogen (secondary N) is 2. The zero-order valence-corrected chi connectivity index (χ0v) is 14.1. The molecule has 7 nitrogen and oxygen atoms in total. The topological polar surface area (TPSA) is 108 Å². The first kappa shape index (κ1) is 17.6. The molecule has 1 heterocycles. The van der Waals surface area contributed by atoms with Crippen molar-refractivity contribution in [2.45, 2.75) is 18.5 Å². The van der Waals surface area contributed by atoms with Gasteiger partial charge in [0.1, 0.15) is 17.4 Å². The number of anilines is 1. The Morgan fingerprint density at radius 2 is 2.21 bits per heavy atom. The van der Waals surface area contributed by atoms with Crippen LogP contribution < -0.4 is 15.6 Å². The predicted molar refractivity (Wildman–Crippen MR) is 91.3 cm³/mol. The van der Waals surface area contributed by atoms with Crippen molar-refractivity contribution in [2.24, 2.45) is 0 Å². The van der Waals surface area contributed by atoms with Gasteiger partial charge in [-0.05, 0) is 18.6 Å². The highest BCUT2D eigenvalue weighted by molar-refractivity contribution is 7.99. The van der Waals surface area contributed by atoms with Gasteiger partial charge in [0, 0.05) is 0 Å². The smallest absolute Gasteiger partial charge is 0.269 e. The third kappa shape index (κ3) is 4.14. The SMILES string of the molecule is CCc1nc(SCC(=O)Nc2ccccc2OC)[nH]c(=O)c1C#N. The van der Waals surface area contributed by atoms with E-state index in [4.69, 9.17) is 10.00 Å². The molecular weight excluding hydrogens is 328 g/mol. The van der Waals surface area contributed by atoms with E-state index in [0.717, 1.165) is 11.8 Å². The highest BCUT2D eigenvalue weighted by Gasteiger charge is 2.12. The van der Waals surface area contributed by atoms with Crippen LogP contribution in [-0.2, 0) is 11.2 Å². The molecule has 0 radical (unpaired) electrons. The number of nitrogens with zero attached hydrogens (tertiary/aromatic N) is 2. The standard InChI is InChI=1S/C16H16N4O3S/c1-3-11-10(8-17)15(22)20-16(19-11)24-9-14(21)18-12-6-4-5-7-13(12)23-2/h4-7H,3,9H2,1-2H3,(H,18,21)(H,19,20,22). The number of carbonyl (C=O) groups is 1. The van der Waals surface area contributed by atoms with Crippen molar-refractivity contribution in [2.75, 3.05) is 18.2 Å². The van der Waals surface area contributed by atoms with E-state index in [1.54, 1.807) is 24.3 Å². The van der Waals surface area contributed by atoms with Gasteiger partial charge in [-0.2, -0.15) is 5.26 Å². The summed E-state index contributed by atoms with van der Waals surface area (Å²) >= 11 is 1.10. The van der Waals surface area contributed by atoms with E-state index in [0.29, 0.717) is 28.7 Å². The van der Waals surface area contributed by atoms with Gasteiger partial charge >= 0.3 is 0 Å². The molecular formula is C16H16N4O3S. The first-order valence-electron chi connectivity index (χ1n) is 7.18. The van der Waals surface area contributed by atoms with Crippen molar-refractivity contribution in [3.63, 3.8) is 0 Å². The molecule has 0 aliphatic heterocycles. The molecule has 0 atom stereocenters. The third-order valence-electron chi connectivity index (χ3n) is 3.14. The van der Waals surface area contributed by atoms with Gasteiger partial charge in [-0.1, -0.05) is 30.8 Å². The summed E-state index contributed by atoms with van der Waals surface area (Å²) < 4.78 is 5.17. The number of para-hydroxylation sites is 2. The largest absolute Gasteiger partial charge is 0.495 e. The number of methoxy groups -OCH3 is 1. The number of aromatic nitrogens is 2. The van der Waals surface area contributed by atoms with Gasteiger partial charge in [0.2, 0.25) is 5.91 Å². The minimum Gasteiger partial charge on any atom is -0.495 e. The maximum atomic E-state index is 12.1. The normalized spacial score (nSPS) is 10.0. The number of hydrogen-bond acceptors (Lipinski definition) is 6. The Bertz CT molecular complexity index is 842. The van der Waals surface area contributed by atoms with E-state index in [9.17, 15) is 9.59 Å². The highest BCUT2D eigenvalue weighted by atomic mass is 32.2. The zero-order chi connectivity index (χ0) is 17.5. The molecule has 1 amide bonds. The number of ether oxygens (including phenoxy) is 1. The van der Waals surface area contributed by atoms with Crippen molar-refractivity contribution in [3.8, 4) is 11.8 Å². The van der Waals surface area contributed by atoms with Gasteiger partial charge in [-0.3, -0.25) is 9.59 Å². The Morgan fingerprint density at radius 1 is 1.46 bits per heavy atom. The molecule has 124 valence electrons. The molecule has 0 bridgehead atoms.